The Morgan fingerprint density at radius 2 is 1.94 bits per heavy atom. The van der Waals surface area contributed by atoms with E-state index in [9.17, 15) is 0 Å². The molecule has 0 aliphatic carbocycles. The highest BCUT2D eigenvalue weighted by Gasteiger charge is 2.23. The van der Waals surface area contributed by atoms with Gasteiger partial charge in [-0.25, -0.2) is 0 Å². The SMILES string of the molecule is Clc1cc(I)c2c(c1)COC(c1ccccc1)O2. The van der Waals surface area contributed by atoms with Gasteiger partial charge in [0.1, 0.15) is 5.75 Å². The molecule has 1 atom stereocenters. The molecule has 1 heterocycles. The van der Waals surface area contributed by atoms with Crippen LogP contribution in [-0.2, 0) is 11.3 Å². The van der Waals surface area contributed by atoms with Crippen LogP contribution in [0.1, 0.15) is 17.4 Å². The van der Waals surface area contributed by atoms with Crippen LogP contribution in [0.25, 0.3) is 0 Å². The van der Waals surface area contributed by atoms with Crippen molar-refractivity contribution in [3.8, 4) is 5.75 Å². The predicted molar refractivity (Wildman–Crippen MR) is 78.8 cm³/mol. The van der Waals surface area contributed by atoms with Crippen LogP contribution in [-0.4, -0.2) is 0 Å². The van der Waals surface area contributed by atoms with E-state index in [0.29, 0.717) is 11.6 Å². The first kappa shape index (κ1) is 12.3. The van der Waals surface area contributed by atoms with Gasteiger partial charge in [0.15, 0.2) is 0 Å². The number of fused-ring (bicyclic) bond motifs is 1. The van der Waals surface area contributed by atoms with E-state index in [0.717, 1.165) is 20.4 Å². The molecule has 1 aliphatic heterocycles. The van der Waals surface area contributed by atoms with E-state index in [1.54, 1.807) is 0 Å². The monoisotopic (exact) mass is 372 g/mol. The first-order chi connectivity index (χ1) is 8.74. The Kier molecular flexibility index (Phi) is 3.46. The zero-order valence-electron chi connectivity index (χ0n) is 9.40. The molecule has 4 heteroatoms. The maximum absolute atomic E-state index is 6.02. The molecular weight excluding hydrogens is 363 g/mol. The largest absolute Gasteiger partial charge is 0.459 e. The van der Waals surface area contributed by atoms with Crippen LogP contribution >= 0.6 is 34.2 Å². The van der Waals surface area contributed by atoms with Crippen molar-refractivity contribution in [1.29, 1.82) is 0 Å². The minimum atomic E-state index is -0.339. The average Bonchev–Trinajstić information content (AvgIpc) is 2.39. The van der Waals surface area contributed by atoms with Crippen molar-refractivity contribution < 1.29 is 9.47 Å². The second-order valence-electron chi connectivity index (χ2n) is 4.05. The van der Waals surface area contributed by atoms with Gasteiger partial charge in [-0.15, -0.1) is 0 Å². The molecule has 0 saturated heterocycles. The maximum Gasteiger partial charge on any atom is 0.227 e. The molecule has 18 heavy (non-hydrogen) atoms. The van der Waals surface area contributed by atoms with E-state index in [-0.39, 0.29) is 6.29 Å². The van der Waals surface area contributed by atoms with Crippen LogP contribution < -0.4 is 4.74 Å². The lowest BCUT2D eigenvalue weighted by atomic mass is 10.1. The summed E-state index contributed by atoms with van der Waals surface area (Å²) in [4.78, 5) is 0. The topological polar surface area (TPSA) is 18.5 Å². The predicted octanol–water partition coefficient (Wildman–Crippen LogP) is 4.55. The third kappa shape index (κ3) is 2.35. The van der Waals surface area contributed by atoms with Gasteiger partial charge in [0.25, 0.3) is 0 Å². The smallest absolute Gasteiger partial charge is 0.227 e. The van der Waals surface area contributed by atoms with Gasteiger partial charge in [0.2, 0.25) is 6.29 Å². The molecule has 92 valence electrons. The Hall–Kier alpha value is -0.780. The zero-order valence-corrected chi connectivity index (χ0v) is 12.3. The Bertz CT molecular complexity index is 572. The molecule has 2 aromatic carbocycles. The van der Waals surface area contributed by atoms with Crippen LogP contribution in [0.15, 0.2) is 42.5 Å². The van der Waals surface area contributed by atoms with Crippen molar-refractivity contribution in [2.24, 2.45) is 0 Å². The van der Waals surface area contributed by atoms with Crippen molar-refractivity contribution in [1.82, 2.24) is 0 Å². The normalized spacial score (nSPS) is 18.0. The Labute approximate surface area is 124 Å². The number of ether oxygens (including phenoxy) is 2. The van der Waals surface area contributed by atoms with Crippen LogP contribution in [0.3, 0.4) is 0 Å². The molecule has 0 amide bonds. The van der Waals surface area contributed by atoms with Gasteiger partial charge in [0, 0.05) is 16.1 Å². The zero-order chi connectivity index (χ0) is 12.5. The standard InChI is InChI=1S/C14H10ClIO2/c15-11-6-10-8-17-14(9-4-2-1-3-5-9)18-13(10)12(16)7-11/h1-7,14H,8H2. The summed E-state index contributed by atoms with van der Waals surface area (Å²) in [7, 11) is 0. The van der Waals surface area contributed by atoms with Gasteiger partial charge in [0.05, 0.1) is 10.2 Å². The van der Waals surface area contributed by atoms with Gasteiger partial charge >= 0.3 is 0 Å². The second-order valence-corrected chi connectivity index (χ2v) is 5.65. The third-order valence-corrected chi connectivity index (χ3v) is 3.79. The maximum atomic E-state index is 6.02. The Balaban J connectivity index is 1.94. The summed E-state index contributed by atoms with van der Waals surface area (Å²) in [5.41, 5.74) is 2.02. The van der Waals surface area contributed by atoms with E-state index in [4.69, 9.17) is 21.1 Å². The Morgan fingerprint density at radius 1 is 1.17 bits per heavy atom. The van der Waals surface area contributed by atoms with Gasteiger partial charge < -0.3 is 9.47 Å². The summed E-state index contributed by atoms with van der Waals surface area (Å²) in [6.45, 7) is 0.519. The van der Waals surface area contributed by atoms with Gasteiger partial charge in [-0.2, -0.15) is 0 Å². The van der Waals surface area contributed by atoms with Gasteiger partial charge in [-0.05, 0) is 34.7 Å². The number of rotatable bonds is 1. The molecule has 0 bridgehead atoms. The van der Waals surface area contributed by atoms with Crippen molar-refractivity contribution >= 4 is 34.2 Å². The number of hydrogen-bond acceptors (Lipinski definition) is 2. The van der Waals surface area contributed by atoms with Crippen molar-refractivity contribution in [2.45, 2.75) is 12.9 Å². The molecule has 0 aromatic heterocycles. The minimum absolute atomic E-state index is 0.339. The Morgan fingerprint density at radius 3 is 2.72 bits per heavy atom. The molecule has 0 N–H and O–H groups in total. The first-order valence-electron chi connectivity index (χ1n) is 5.55. The van der Waals surface area contributed by atoms with Gasteiger partial charge in [-0.3, -0.25) is 0 Å². The lowest BCUT2D eigenvalue weighted by molar-refractivity contribution is -0.112. The first-order valence-corrected chi connectivity index (χ1v) is 7.01. The number of benzene rings is 2. The van der Waals surface area contributed by atoms with E-state index in [1.165, 1.54) is 0 Å². The molecule has 0 spiro atoms. The summed E-state index contributed by atoms with van der Waals surface area (Å²) < 4.78 is 12.6. The third-order valence-electron chi connectivity index (χ3n) is 2.77. The molecule has 0 saturated carbocycles. The molecule has 1 aliphatic rings. The quantitative estimate of drug-likeness (QED) is 0.684. The summed E-state index contributed by atoms with van der Waals surface area (Å²) in [5, 5.41) is 0.712. The van der Waals surface area contributed by atoms with Crippen LogP contribution in [0.4, 0.5) is 0 Å². The highest BCUT2D eigenvalue weighted by atomic mass is 127. The van der Waals surface area contributed by atoms with Crippen molar-refractivity contribution in [2.75, 3.05) is 0 Å². The summed E-state index contributed by atoms with van der Waals surface area (Å²) in [5.74, 6) is 0.875. The van der Waals surface area contributed by atoms with Crippen LogP contribution in [0, 0.1) is 3.57 Å². The molecule has 2 nitrogen and oxygen atoms in total. The molecule has 0 fully saturated rings. The number of hydrogen-bond donors (Lipinski definition) is 0. The summed E-state index contributed by atoms with van der Waals surface area (Å²) in [6, 6.07) is 13.7. The fraction of sp³-hybridized carbons (Fsp3) is 0.143. The van der Waals surface area contributed by atoms with Crippen molar-refractivity contribution in [3.05, 3.63) is 62.2 Å². The second kappa shape index (κ2) is 5.07. The van der Waals surface area contributed by atoms with E-state index >= 15 is 0 Å². The fourth-order valence-corrected chi connectivity index (χ4v) is 3.17. The fourth-order valence-electron chi connectivity index (χ4n) is 1.93. The molecule has 0 radical (unpaired) electrons. The van der Waals surface area contributed by atoms with Gasteiger partial charge in [-0.1, -0.05) is 41.9 Å². The average molecular weight is 373 g/mol. The minimum Gasteiger partial charge on any atom is -0.459 e. The van der Waals surface area contributed by atoms with E-state index in [2.05, 4.69) is 22.6 Å². The lowest BCUT2D eigenvalue weighted by Gasteiger charge is -2.27. The van der Waals surface area contributed by atoms with Crippen LogP contribution in [0.2, 0.25) is 5.02 Å². The summed E-state index contributed by atoms with van der Waals surface area (Å²) in [6.07, 6.45) is -0.339. The van der Waals surface area contributed by atoms with E-state index in [1.807, 2.05) is 42.5 Å². The molecule has 1 unspecified atom stereocenters. The highest BCUT2D eigenvalue weighted by molar-refractivity contribution is 14.1. The van der Waals surface area contributed by atoms with Crippen LogP contribution in [0.5, 0.6) is 5.75 Å². The van der Waals surface area contributed by atoms with E-state index < -0.39 is 0 Å². The summed E-state index contributed by atoms with van der Waals surface area (Å²) >= 11 is 8.25. The molecular formula is C14H10ClIO2. The highest BCUT2D eigenvalue weighted by Crippen LogP contribution is 2.38. The molecule has 2 aromatic rings. The lowest BCUT2D eigenvalue weighted by Crippen LogP contribution is -2.18. The number of halogens is 2. The molecule has 3 rings (SSSR count). The van der Waals surface area contributed by atoms with Crippen molar-refractivity contribution in [3.63, 3.8) is 0 Å².